The molecule has 2 amide bonds. The van der Waals surface area contributed by atoms with Crippen molar-refractivity contribution in [3.63, 3.8) is 0 Å². The quantitative estimate of drug-likeness (QED) is 0.335. The maximum atomic E-state index is 13.8. The fraction of sp³-hybridized carbons (Fsp3) is 0.345. The summed E-state index contributed by atoms with van der Waals surface area (Å²) in [7, 11) is 0. The average molecular weight is 599 g/mol. The van der Waals surface area contributed by atoms with Crippen LogP contribution < -0.4 is 5.32 Å². The summed E-state index contributed by atoms with van der Waals surface area (Å²) in [5.41, 5.74) is 4.29. The Balaban J connectivity index is 1.30. The van der Waals surface area contributed by atoms with Crippen LogP contribution in [0.25, 0.3) is 22.0 Å². The van der Waals surface area contributed by atoms with Gasteiger partial charge in [0.15, 0.2) is 5.69 Å². The second-order valence-electron chi connectivity index (χ2n) is 11.0. The number of piperidine rings is 1. The molecular formula is C29H27BrN8O2. The highest BCUT2D eigenvalue weighted by Crippen LogP contribution is 2.59. The number of nitriles is 1. The lowest BCUT2D eigenvalue weighted by molar-refractivity contribution is -0.138. The molecule has 2 aliphatic rings. The number of aromatic nitrogens is 5. The van der Waals surface area contributed by atoms with Gasteiger partial charge in [-0.1, -0.05) is 13.0 Å². The Labute approximate surface area is 239 Å². The van der Waals surface area contributed by atoms with Crippen LogP contribution in [0.5, 0.6) is 0 Å². The summed E-state index contributed by atoms with van der Waals surface area (Å²) in [6.07, 6.45) is 4.95. The van der Waals surface area contributed by atoms with E-state index in [4.69, 9.17) is 0 Å². The van der Waals surface area contributed by atoms with Gasteiger partial charge in [0.05, 0.1) is 5.52 Å². The summed E-state index contributed by atoms with van der Waals surface area (Å²) >= 11 is 3.36. The standard InChI is InChI=1S/C29H27BrN8O2/c1-15-5-6-24(30)34-27(15)35-28(40)22-9-29(4)10-23(29)38(22)25(39)14-37-26-16(2)7-18(8-20(26)21(11-31)36-37)19-12-32-17(3)33-13-19/h5-8,12-13,22-23H,9-10,14H2,1-4H3,(H,34,35,40)/t22-,23+,29-/m0/s1. The Kier molecular flexibility index (Phi) is 6.18. The van der Waals surface area contributed by atoms with E-state index in [-0.39, 0.29) is 35.5 Å². The van der Waals surface area contributed by atoms with Gasteiger partial charge >= 0.3 is 0 Å². The van der Waals surface area contributed by atoms with Crippen LogP contribution in [-0.4, -0.2) is 53.5 Å². The molecule has 1 aliphatic carbocycles. The molecule has 6 rings (SSSR count). The predicted molar refractivity (Wildman–Crippen MR) is 152 cm³/mol. The van der Waals surface area contributed by atoms with Crippen molar-refractivity contribution in [2.24, 2.45) is 5.41 Å². The van der Waals surface area contributed by atoms with Gasteiger partial charge in [0.25, 0.3) is 0 Å². The number of rotatable bonds is 5. The number of hydrogen-bond donors (Lipinski definition) is 1. The first-order chi connectivity index (χ1) is 19.1. The number of nitrogens with zero attached hydrogens (tertiary/aromatic N) is 7. The lowest BCUT2D eigenvalue weighted by atomic mass is 10.0. The molecule has 1 N–H and O–H groups in total. The van der Waals surface area contributed by atoms with Gasteiger partial charge in [-0.3, -0.25) is 14.3 Å². The average Bonchev–Trinajstić information content (AvgIpc) is 3.28. The van der Waals surface area contributed by atoms with Crippen molar-refractivity contribution < 1.29 is 9.59 Å². The van der Waals surface area contributed by atoms with Crippen LogP contribution in [-0.2, 0) is 16.1 Å². The molecule has 4 aromatic rings. The molecule has 2 fully saturated rings. The minimum atomic E-state index is -0.608. The van der Waals surface area contributed by atoms with Gasteiger partial charge in [-0.15, -0.1) is 0 Å². The normalized spacial score (nSPS) is 21.2. The van der Waals surface area contributed by atoms with Crippen LogP contribution in [0.15, 0.2) is 41.3 Å². The topological polar surface area (TPSA) is 130 Å². The van der Waals surface area contributed by atoms with Crippen LogP contribution in [0.2, 0.25) is 0 Å². The number of carbonyl (C=O) groups is 2. The van der Waals surface area contributed by atoms with Gasteiger partial charge in [0.2, 0.25) is 11.8 Å². The number of anilines is 1. The Morgan fingerprint density at radius 3 is 2.60 bits per heavy atom. The summed E-state index contributed by atoms with van der Waals surface area (Å²) in [6, 6.07) is 9.12. The van der Waals surface area contributed by atoms with E-state index in [1.807, 2.05) is 45.0 Å². The molecule has 40 heavy (non-hydrogen) atoms. The fourth-order valence-corrected chi connectivity index (χ4v) is 6.14. The number of likely N-dealkylation sites (tertiary alicyclic amines) is 1. The molecule has 202 valence electrons. The third-order valence-electron chi connectivity index (χ3n) is 8.07. The molecule has 1 aliphatic heterocycles. The summed E-state index contributed by atoms with van der Waals surface area (Å²) in [5.74, 6) is 0.697. The van der Waals surface area contributed by atoms with Crippen molar-refractivity contribution in [1.29, 1.82) is 5.26 Å². The van der Waals surface area contributed by atoms with Gasteiger partial charge in [-0.2, -0.15) is 10.4 Å². The number of nitrogens with one attached hydrogen (secondary N) is 1. The molecule has 1 aromatic carbocycles. The van der Waals surface area contributed by atoms with E-state index >= 15 is 0 Å². The van der Waals surface area contributed by atoms with Crippen molar-refractivity contribution in [3.8, 4) is 17.2 Å². The van der Waals surface area contributed by atoms with Crippen LogP contribution in [0.3, 0.4) is 0 Å². The number of carbonyl (C=O) groups excluding carboxylic acids is 2. The molecule has 3 aromatic heterocycles. The Hall–Kier alpha value is -4.17. The Morgan fingerprint density at radius 2 is 1.88 bits per heavy atom. The molecule has 0 bridgehead atoms. The highest BCUT2D eigenvalue weighted by molar-refractivity contribution is 9.10. The zero-order valence-electron chi connectivity index (χ0n) is 22.6. The molecule has 11 heteroatoms. The van der Waals surface area contributed by atoms with E-state index in [9.17, 15) is 14.9 Å². The maximum Gasteiger partial charge on any atom is 0.248 e. The SMILES string of the molecule is Cc1ncc(-c2cc(C)c3c(c2)c(C#N)nn3CC(=O)N2[C@H](C(=O)Nc3nc(Br)ccc3C)C[C@@]3(C)C[C@@H]23)cn1. The smallest absolute Gasteiger partial charge is 0.248 e. The Bertz CT molecular complexity index is 1740. The van der Waals surface area contributed by atoms with Crippen molar-refractivity contribution in [3.05, 3.63) is 63.9 Å². The summed E-state index contributed by atoms with van der Waals surface area (Å²) < 4.78 is 2.21. The maximum absolute atomic E-state index is 13.8. The monoisotopic (exact) mass is 598 g/mol. The van der Waals surface area contributed by atoms with Crippen molar-refractivity contribution >= 4 is 44.5 Å². The second-order valence-corrected chi connectivity index (χ2v) is 11.8. The highest BCUT2D eigenvalue weighted by Gasteiger charge is 2.64. The number of halogens is 1. The van der Waals surface area contributed by atoms with Crippen molar-refractivity contribution in [1.82, 2.24) is 29.6 Å². The summed E-state index contributed by atoms with van der Waals surface area (Å²) in [6.45, 7) is 7.68. The van der Waals surface area contributed by atoms with E-state index in [1.54, 1.807) is 22.0 Å². The lowest BCUT2D eigenvalue weighted by Crippen LogP contribution is -2.47. The number of benzene rings is 1. The van der Waals surface area contributed by atoms with Crippen LogP contribution in [0, 0.1) is 37.5 Å². The third-order valence-corrected chi connectivity index (χ3v) is 8.51. The second kappa shape index (κ2) is 9.48. The van der Waals surface area contributed by atoms with Gasteiger partial charge in [-0.05, 0) is 89.8 Å². The first kappa shape index (κ1) is 26.1. The van der Waals surface area contributed by atoms with Gasteiger partial charge in [0.1, 0.15) is 34.9 Å². The van der Waals surface area contributed by atoms with Crippen LogP contribution in [0.4, 0.5) is 5.82 Å². The van der Waals surface area contributed by atoms with Crippen LogP contribution >= 0.6 is 15.9 Å². The predicted octanol–water partition coefficient (Wildman–Crippen LogP) is 4.47. The van der Waals surface area contributed by atoms with Gasteiger partial charge in [-0.25, -0.2) is 15.0 Å². The molecule has 0 spiro atoms. The van der Waals surface area contributed by atoms with Crippen molar-refractivity contribution in [2.75, 3.05) is 5.32 Å². The van der Waals surface area contributed by atoms with E-state index in [0.717, 1.165) is 34.2 Å². The number of amides is 2. The summed E-state index contributed by atoms with van der Waals surface area (Å²) in [4.78, 5) is 41.9. The van der Waals surface area contributed by atoms with E-state index < -0.39 is 6.04 Å². The minimum Gasteiger partial charge on any atom is -0.325 e. The molecule has 1 saturated heterocycles. The molecule has 0 radical (unpaired) electrons. The zero-order valence-corrected chi connectivity index (χ0v) is 24.2. The van der Waals surface area contributed by atoms with Gasteiger partial charge < -0.3 is 10.2 Å². The van der Waals surface area contributed by atoms with E-state index in [1.165, 1.54) is 0 Å². The third kappa shape index (κ3) is 4.42. The summed E-state index contributed by atoms with van der Waals surface area (Å²) in [5, 5.41) is 17.9. The highest BCUT2D eigenvalue weighted by atomic mass is 79.9. The first-order valence-corrected chi connectivity index (χ1v) is 13.8. The fourth-order valence-electron chi connectivity index (χ4n) is 5.83. The van der Waals surface area contributed by atoms with E-state index in [2.05, 4.69) is 54.3 Å². The van der Waals surface area contributed by atoms with Gasteiger partial charge in [0, 0.05) is 29.4 Å². The number of fused-ring (bicyclic) bond motifs is 2. The molecule has 3 atom stereocenters. The Morgan fingerprint density at radius 1 is 1.12 bits per heavy atom. The minimum absolute atomic E-state index is 0.00110. The van der Waals surface area contributed by atoms with Crippen LogP contribution in [0.1, 0.15) is 42.4 Å². The molecule has 1 saturated carbocycles. The molecular weight excluding hydrogens is 572 g/mol. The van der Waals surface area contributed by atoms with Crippen molar-refractivity contribution in [2.45, 2.75) is 59.2 Å². The largest absolute Gasteiger partial charge is 0.325 e. The number of hydrogen-bond acceptors (Lipinski definition) is 7. The molecule has 0 unspecified atom stereocenters. The molecule has 10 nitrogen and oxygen atoms in total. The zero-order chi connectivity index (χ0) is 28.3. The number of aryl methyl sites for hydroxylation is 3. The van der Waals surface area contributed by atoms with E-state index in [0.29, 0.717) is 28.1 Å². The lowest BCUT2D eigenvalue weighted by Gasteiger charge is -2.27. The molecule has 4 heterocycles. The first-order valence-electron chi connectivity index (χ1n) is 13.0. The number of pyridine rings is 1.